The Morgan fingerprint density at radius 3 is 2.85 bits per heavy atom. The van der Waals surface area contributed by atoms with Gasteiger partial charge in [0, 0.05) is 11.6 Å². The standard InChI is InChI=1S/C18H17FN2O3S2/c19-14-4-2-1-3-12(14)10-21-15-5-7-25-17(15)9-16(21)18(22)20-13-6-8-26(23,24)11-13/h1-5,7,9,13H,6,8,10-11H2,(H,20,22)/t13-/m0/s1. The number of hydrogen-bond donors (Lipinski definition) is 1. The maximum Gasteiger partial charge on any atom is 0.268 e. The van der Waals surface area contributed by atoms with Crippen LogP contribution in [0.1, 0.15) is 22.5 Å². The fourth-order valence-electron chi connectivity index (χ4n) is 3.30. The normalized spacial score (nSPS) is 19.0. The largest absolute Gasteiger partial charge is 0.347 e. The van der Waals surface area contributed by atoms with Crippen LogP contribution in [-0.2, 0) is 16.4 Å². The van der Waals surface area contributed by atoms with Gasteiger partial charge < -0.3 is 9.88 Å². The maximum absolute atomic E-state index is 14.1. The van der Waals surface area contributed by atoms with E-state index in [1.165, 1.54) is 17.4 Å². The molecule has 0 aliphatic carbocycles. The first-order valence-corrected chi connectivity index (χ1v) is 10.9. The van der Waals surface area contributed by atoms with Crippen LogP contribution >= 0.6 is 11.3 Å². The lowest BCUT2D eigenvalue weighted by Crippen LogP contribution is -2.36. The number of nitrogens with zero attached hydrogens (tertiary/aromatic N) is 1. The fourth-order valence-corrected chi connectivity index (χ4v) is 5.80. The summed E-state index contributed by atoms with van der Waals surface area (Å²) in [7, 11) is -3.07. The van der Waals surface area contributed by atoms with Crippen LogP contribution in [0.4, 0.5) is 4.39 Å². The predicted molar refractivity (Wildman–Crippen MR) is 99.8 cm³/mol. The molecule has 3 heterocycles. The van der Waals surface area contributed by atoms with E-state index in [9.17, 15) is 17.6 Å². The molecule has 5 nitrogen and oxygen atoms in total. The van der Waals surface area contributed by atoms with E-state index >= 15 is 0 Å². The molecule has 2 aromatic heterocycles. The van der Waals surface area contributed by atoms with Gasteiger partial charge in [0.25, 0.3) is 5.91 Å². The highest BCUT2D eigenvalue weighted by Gasteiger charge is 2.30. The molecule has 1 amide bonds. The second kappa shape index (κ2) is 6.51. The van der Waals surface area contributed by atoms with Crippen LogP contribution in [0, 0.1) is 5.82 Å². The van der Waals surface area contributed by atoms with Crippen LogP contribution in [0.15, 0.2) is 41.8 Å². The van der Waals surface area contributed by atoms with Crippen molar-refractivity contribution in [2.45, 2.75) is 19.0 Å². The third-order valence-electron chi connectivity index (χ3n) is 4.61. The van der Waals surface area contributed by atoms with E-state index in [0.29, 0.717) is 17.7 Å². The SMILES string of the molecule is O=C(N[C@H]1CCS(=O)(=O)C1)c1cc2sccc2n1Cc1ccccc1F. The molecule has 1 aliphatic rings. The van der Waals surface area contributed by atoms with Gasteiger partial charge in [-0.1, -0.05) is 18.2 Å². The lowest BCUT2D eigenvalue weighted by Gasteiger charge is -2.14. The quantitative estimate of drug-likeness (QED) is 0.742. The third-order valence-corrected chi connectivity index (χ3v) is 7.23. The van der Waals surface area contributed by atoms with E-state index in [1.54, 1.807) is 28.8 Å². The zero-order valence-corrected chi connectivity index (χ0v) is 15.4. The number of nitrogens with one attached hydrogen (secondary N) is 1. The minimum atomic E-state index is -3.07. The molecule has 1 N–H and O–H groups in total. The molecule has 0 saturated carbocycles. The number of hydrogen-bond acceptors (Lipinski definition) is 4. The molecule has 0 spiro atoms. The smallest absolute Gasteiger partial charge is 0.268 e. The fraction of sp³-hybridized carbons (Fsp3) is 0.278. The molecule has 4 rings (SSSR count). The Morgan fingerprint density at radius 2 is 2.12 bits per heavy atom. The van der Waals surface area contributed by atoms with Gasteiger partial charge in [0.2, 0.25) is 0 Å². The summed E-state index contributed by atoms with van der Waals surface area (Å²) in [5.41, 5.74) is 1.77. The van der Waals surface area contributed by atoms with Gasteiger partial charge in [-0.15, -0.1) is 11.3 Å². The Morgan fingerprint density at radius 1 is 1.31 bits per heavy atom. The summed E-state index contributed by atoms with van der Waals surface area (Å²) in [4.78, 5) is 12.8. The molecule has 26 heavy (non-hydrogen) atoms. The summed E-state index contributed by atoms with van der Waals surface area (Å²) in [5, 5.41) is 4.74. The van der Waals surface area contributed by atoms with Crippen molar-refractivity contribution in [3.8, 4) is 0 Å². The third kappa shape index (κ3) is 3.26. The van der Waals surface area contributed by atoms with Crippen molar-refractivity contribution in [3.05, 3.63) is 58.9 Å². The molecule has 1 aliphatic heterocycles. The van der Waals surface area contributed by atoms with Crippen LogP contribution in [0.3, 0.4) is 0 Å². The number of sulfone groups is 1. The first-order chi connectivity index (χ1) is 12.4. The van der Waals surface area contributed by atoms with E-state index < -0.39 is 9.84 Å². The molecule has 3 aromatic rings. The summed E-state index contributed by atoms with van der Waals surface area (Å²) in [6, 6.07) is 9.78. The van der Waals surface area contributed by atoms with Crippen LogP contribution in [0.25, 0.3) is 10.2 Å². The van der Waals surface area contributed by atoms with E-state index in [0.717, 1.165) is 10.2 Å². The lowest BCUT2D eigenvalue weighted by atomic mass is 10.2. The topological polar surface area (TPSA) is 68.2 Å². The van der Waals surface area contributed by atoms with Crippen molar-refractivity contribution in [3.63, 3.8) is 0 Å². The Balaban J connectivity index is 1.66. The van der Waals surface area contributed by atoms with Gasteiger partial charge in [0.05, 0.1) is 28.3 Å². The van der Waals surface area contributed by atoms with Gasteiger partial charge in [-0.2, -0.15) is 0 Å². The number of benzene rings is 1. The average molecular weight is 392 g/mol. The Labute approximate surface area is 154 Å². The highest BCUT2D eigenvalue weighted by atomic mass is 32.2. The molecule has 1 aromatic carbocycles. The van der Waals surface area contributed by atoms with Crippen molar-refractivity contribution in [1.29, 1.82) is 0 Å². The Kier molecular flexibility index (Phi) is 4.32. The summed E-state index contributed by atoms with van der Waals surface area (Å²) in [6.07, 6.45) is 0.427. The number of rotatable bonds is 4. The number of fused-ring (bicyclic) bond motifs is 1. The van der Waals surface area contributed by atoms with Crippen molar-refractivity contribution >= 4 is 37.3 Å². The van der Waals surface area contributed by atoms with Gasteiger partial charge in [-0.3, -0.25) is 4.79 Å². The zero-order chi connectivity index (χ0) is 18.3. The van der Waals surface area contributed by atoms with Gasteiger partial charge in [-0.05, 0) is 30.0 Å². The maximum atomic E-state index is 14.1. The zero-order valence-electron chi connectivity index (χ0n) is 13.8. The Bertz CT molecular complexity index is 1080. The number of amides is 1. The van der Waals surface area contributed by atoms with E-state index in [4.69, 9.17) is 0 Å². The summed E-state index contributed by atoms with van der Waals surface area (Å²) in [6.45, 7) is 0.235. The highest BCUT2D eigenvalue weighted by Crippen LogP contribution is 2.27. The minimum absolute atomic E-state index is 0.0267. The first-order valence-electron chi connectivity index (χ1n) is 8.24. The van der Waals surface area contributed by atoms with Crippen molar-refractivity contribution in [2.24, 2.45) is 0 Å². The number of thiophene rings is 1. The van der Waals surface area contributed by atoms with Gasteiger partial charge in [0.1, 0.15) is 11.5 Å². The molecule has 1 fully saturated rings. The summed E-state index contributed by atoms with van der Waals surface area (Å²) >= 11 is 1.51. The van der Waals surface area contributed by atoms with Gasteiger partial charge in [-0.25, -0.2) is 12.8 Å². The van der Waals surface area contributed by atoms with Crippen LogP contribution in [0.2, 0.25) is 0 Å². The molecule has 136 valence electrons. The van der Waals surface area contributed by atoms with Gasteiger partial charge >= 0.3 is 0 Å². The first kappa shape index (κ1) is 17.2. The molecule has 1 saturated heterocycles. The predicted octanol–water partition coefficient (Wildman–Crippen LogP) is 2.81. The van der Waals surface area contributed by atoms with E-state index in [2.05, 4.69) is 5.32 Å². The molecule has 8 heteroatoms. The monoisotopic (exact) mass is 392 g/mol. The van der Waals surface area contributed by atoms with Crippen molar-refractivity contribution in [1.82, 2.24) is 9.88 Å². The molecular formula is C18H17FN2O3S2. The minimum Gasteiger partial charge on any atom is -0.347 e. The van der Waals surface area contributed by atoms with Crippen LogP contribution < -0.4 is 5.32 Å². The number of aromatic nitrogens is 1. The number of carbonyl (C=O) groups excluding carboxylic acids is 1. The summed E-state index contributed by atoms with van der Waals surface area (Å²) < 4.78 is 40.0. The second-order valence-corrected chi connectivity index (χ2v) is 9.63. The van der Waals surface area contributed by atoms with E-state index in [1.807, 2.05) is 11.4 Å². The van der Waals surface area contributed by atoms with Crippen LogP contribution in [0.5, 0.6) is 0 Å². The van der Waals surface area contributed by atoms with Crippen molar-refractivity contribution in [2.75, 3.05) is 11.5 Å². The summed E-state index contributed by atoms with van der Waals surface area (Å²) in [5.74, 6) is -0.575. The van der Waals surface area contributed by atoms with E-state index in [-0.39, 0.29) is 35.8 Å². The number of carbonyl (C=O) groups is 1. The second-order valence-electron chi connectivity index (χ2n) is 6.45. The highest BCUT2D eigenvalue weighted by molar-refractivity contribution is 7.91. The Hall–Kier alpha value is -2.19. The number of halogens is 1. The molecule has 1 atom stereocenters. The average Bonchev–Trinajstić information content (AvgIpc) is 3.25. The molecule has 0 unspecified atom stereocenters. The molecule has 0 bridgehead atoms. The lowest BCUT2D eigenvalue weighted by molar-refractivity contribution is 0.0932. The van der Waals surface area contributed by atoms with Crippen LogP contribution in [-0.4, -0.2) is 36.4 Å². The van der Waals surface area contributed by atoms with Crippen molar-refractivity contribution < 1.29 is 17.6 Å². The van der Waals surface area contributed by atoms with Gasteiger partial charge in [0.15, 0.2) is 9.84 Å². The molecular weight excluding hydrogens is 375 g/mol. The molecule has 0 radical (unpaired) electrons.